The third kappa shape index (κ3) is 10.6. The van der Waals surface area contributed by atoms with Crippen LogP contribution in [-0.2, 0) is 38.2 Å². The number of carboxylic acid groups (broad SMARTS) is 1. The van der Waals surface area contributed by atoms with Crippen molar-refractivity contribution in [1.82, 2.24) is 9.80 Å². The van der Waals surface area contributed by atoms with Crippen LogP contribution in [0.3, 0.4) is 0 Å². The van der Waals surface area contributed by atoms with Gasteiger partial charge in [-0.2, -0.15) is 0 Å². The molecule has 0 fully saturated rings. The number of esters is 2. The second-order valence-electron chi connectivity index (χ2n) is 11.5. The average Bonchev–Trinajstić information content (AvgIpc) is 2.98. The fraction of sp³-hybridized carbons (Fsp3) is 0.680. The number of amides is 3. The molecule has 0 spiro atoms. The van der Waals surface area contributed by atoms with Crippen LogP contribution < -0.4 is 0 Å². The van der Waals surface area contributed by atoms with Crippen LogP contribution in [0.2, 0.25) is 0 Å². The van der Waals surface area contributed by atoms with Crippen LogP contribution in [0.15, 0.2) is 12.2 Å². The van der Waals surface area contributed by atoms with E-state index in [1.54, 1.807) is 62.3 Å². The Morgan fingerprint density at radius 3 is 1.70 bits per heavy atom. The zero-order valence-electron chi connectivity index (χ0n) is 22.9. The summed E-state index contributed by atoms with van der Waals surface area (Å²) in [4.78, 5) is 76.7. The molecule has 1 aliphatic rings. The molecular weight excluding hydrogens is 488 g/mol. The fourth-order valence-electron chi connectivity index (χ4n) is 3.24. The van der Waals surface area contributed by atoms with Crippen LogP contribution in [0.25, 0.3) is 0 Å². The summed E-state index contributed by atoms with van der Waals surface area (Å²) >= 11 is 0. The molecule has 1 heterocycles. The smallest absolute Gasteiger partial charge is 0.411 e. The van der Waals surface area contributed by atoms with Gasteiger partial charge in [-0.15, -0.1) is 0 Å². The maximum absolute atomic E-state index is 13.3. The highest BCUT2D eigenvalue weighted by Gasteiger charge is 2.43. The minimum absolute atomic E-state index is 0.296. The topological polar surface area (TPSA) is 157 Å². The third-order valence-electron chi connectivity index (χ3n) is 4.53. The van der Waals surface area contributed by atoms with E-state index in [0.717, 1.165) is 17.1 Å². The van der Waals surface area contributed by atoms with Crippen LogP contribution in [-0.4, -0.2) is 86.2 Å². The summed E-state index contributed by atoms with van der Waals surface area (Å²) in [7, 11) is 0. The normalized spacial score (nSPS) is 15.8. The van der Waals surface area contributed by atoms with Gasteiger partial charge in [-0.3, -0.25) is 24.2 Å². The number of aliphatic carboxylic acids is 1. The highest BCUT2D eigenvalue weighted by atomic mass is 16.6. The quantitative estimate of drug-likeness (QED) is 0.269. The van der Waals surface area contributed by atoms with Crippen molar-refractivity contribution < 1.29 is 48.1 Å². The first-order valence-corrected chi connectivity index (χ1v) is 11.8. The first-order valence-electron chi connectivity index (χ1n) is 11.8. The van der Waals surface area contributed by atoms with Gasteiger partial charge in [0.1, 0.15) is 22.8 Å². The van der Waals surface area contributed by atoms with E-state index >= 15 is 0 Å². The van der Waals surface area contributed by atoms with Gasteiger partial charge in [-0.05, 0) is 68.7 Å². The minimum atomic E-state index is -1.84. The first kappa shape index (κ1) is 31.6. The molecule has 0 aliphatic carbocycles. The Balaban J connectivity index is 3.48. The molecule has 0 saturated carbocycles. The Bertz CT molecular complexity index is 932. The lowest BCUT2D eigenvalue weighted by Crippen LogP contribution is -2.57. The Morgan fingerprint density at radius 1 is 0.838 bits per heavy atom. The molecule has 0 aromatic heterocycles. The lowest BCUT2D eigenvalue weighted by Gasteiger charge is -2.36. The molecule has 1 rings (SSSR count). The summed E-state index contributed by atoms with van der Waals surface area (Å²) < 4.78 is 16.2. The molecule has 0 aromatic carbocycles. The van der Waals surface area contributed by atoms with E-state index in [-0.39, 0.29) is 12.8 Å². The minimum Gasteiger partial charge on any atom is -0.480 e. The molecule has 0 unspecified atom stereocenters. The van der Waals surface area contributed by atoms with E-state index in [1.165, 1.54) is 0 Å². The second-order valence-corrected chi connectivity index (χ2v) is 11.5. The van der Waals surface area contributed by atoms with Crippen LogP contribution in [0, 0.1) is 0 Å². The summed E-state index contributed by atoms with van der Waals surface area (Å²) in [6.07, 6.45) is 0.107. The lowest BCUT2D eigenvalue weighted by atomic mass is 10.1. The molecule has 12 heteroatoms. The van der Waals surface area contributed by atoms with E-state index in [4.69, 9.17) is 14.2 Å². The van der Waals surface area contributed by atoms with Crippen molar-refractivity contribution in [2.45, 2.75) is 104 Å². The molecular formula is C25H38N2O10. The van der Waals surface area contributed by atoms with Gasteiger partial charge in [-0.25, -0.2) is 14.4 Å². The number of carbonyl (C=O) groups excluding carboxylic acids is 5. The number of rotatable bonds is 9. The van der Waals surface area contributed by atoms with Crippen LogP contribution >= 0.6 is 0 Å². The Hall–Kier alpha value is -3.44. The third-order valence-corrected chi connectivity index (χ3v) is 4.53. The Morgan fingerprint density at radius 2 is 1.30 bits per heavy atom. The summed E-state index contributed by atoms with van der Waals surface area (Å²) in [5, 5.41) is 9.84. The molecule has 0 bridgehead atoms. The molecule has 208 valence electrons. The predicted molar refractivity (Wildman–Crippen MR) is 130 cm³/mol. The lowest BCUT2D eigenvalue weighted by molar-refractivity contribution is -0.164. The highest BCUT2D eigenvalue weighted by Crippen LogP contribution is 2.22. The van der Waals surface area contributed by atoms with Gasteiger partial charge in [0.15, 0.2) is 6.04 Å². The van der Waals surface area contributed by atoms with Crippen molar-refractivity contribution in [2.24, 2.45) is 0 Å². The van der Waals surface area contributed by atoms with Crippen molar-refractivity contribution in [3.05, 3.63) is 12.2 Å². The van der Waals surface area contributed by atoms with Gasteiger partial charge in [0.25, 0.3) is 11.8 Å². The summed E-state index contributed by atoms with van der Waals surface area (Å²) in [6, 6.07) is -3.34. The molecule has 37 heavy (non-hydrogen) atoms. The predicted octanol–water partition coefficient (Wildman–Crippen LogP) is 2.43. The van der Waals surface area contributed by atoms with Gasteiger partial charge in [-0.1, -0.05) is 0 Å². The standard InChI is InChI=1S/C25H38N2O10/c1-23(2,3)35-19(30)13-10-15(21(33)36-24(4,5)6)26(22(34)37-25(7,8)9)14-16(20(31)32)27-17(28)11-12-18(27)29/h11-12,15-16H,10,13-14H2,1-9H3,(H,31,32)/t15-,16+/m1/s1. The molecule has 2 atom stereocenters. The first-order chi connectivity index (χ1) is 16.6. The van der Waals surface area contributed by atoms with Crippen LogP contribution in [0.4, 0.5) is 4.79 Å². The molecule has 0 aromatic rings. The van der Waals surface area contributed by atoms with Crippen molar-refractivity contribution in [3.8, 4) is 0 Å². The molecule has 12 nitrogen and oxygen atoms in total. The van der Waals surface area contributed by atoms with E-state index in [0.29, 0.717) is 4.90 Å². The maximum atomic E-state index is 13.3. The van der Waals surface area contributed by atoms with E-state index in [1.807, 2.05) is 0 Å². The number of hydrogen-bond acceptors (Lipinski definition) is 9. The zero-order valence-corrected chi connectivity index (χ0v) is 22.9. The molecule has 3 amide bonds. The Kier molecular flexibility index (Phi) is 10.0. The SMILES string of the molecule is CC(C)(C)OC(=O)CC[C@H](C(=O)OC(C)(C)C)N(C[C@@H](C(=O)O)N1C(=O)C=CC1=O)C(=O)OC(C)(C)C. The number of ether oxygens (including phenoxy) is 3. The highest BCUT2D eigenvalue weighted by molar-refractivity contribution is 6.14. The van der Waals surface area contributed by atoms with E-state index < -0.39 is 71.2 Å². The molecule has 0 radical (unpaired) electrons. The van der Waals surface area contributed by atoms with E-state index in [9.17, 15) is 33.9 Å². The number of nitrogens with zero attached hydrogens (tertiary/aromatic N) is 2. The van der Waals surface area contributed by atoms with Gasteiger partial charge in [0.05, 0.1) is 6.54 Å². The molecule has 1 aliphatic heterocycles. The van der Waals surface area contributed by atoms with Crippen LogP contribution in [0.1, 0.15) is 75.2 Å². The molecule has 1 N–H and O–H groups in total. The number of carboxylic acids is 1. The van der Waals surface area contributed by atoms with Crippen molar-refractivity contribution >= 4 is 35.8 Å². The van der Waals surface area contributed by atoms with Crippen molar-refractivity contribution in [3.63, 3.8) is 0 Å². The maximum Gasteiger partial charge on any atom is 0.411 e. The average molecular weight is 527 g/mol. The monoisotopic (exact) mass is 526 g/mol. The largest absolute Gasteiger partial charge is 0.480 e. The molecule has 0 saturated heterocycles. The van der Waals surface area contributed by atoms with Gasteiger partial charge in [0, 0.05) is 18.6 Å². The zero-order chi connectivity index (χ0) is 28.9. The summed E-state index contributed by atoms with van der Waals surface area (Å²) in [5.74, 6) is -4.94. The van der Waals surface area contributed by atoms with Crippen LogP contribution in [0.5, 0.6) is 0 Å². The van der Waals surface area contributed by atoms with Crippen molar-refractivity contribution in [1.29, 1.82) is 0 Å². The Labute approximate surface area is 216 Å². The van der Waals surface area contributed by atoms with E-state index in [2.05, 4.69) is 0 Å². The van der Waals surface area contributed by atoms with Gasteiger partial charge < -0.3 is 19.3 Å². The second kappa shape index (κ2) is 11.7. The van der Waals surface area contributed by atoms with Gasteiger partial charge >= 0.3 is 24.0 Å². The number of imide groups is 1. The van der Waals surface area contributed by atoms with Crippen molar-refractivity contribution in [2.75, 3.05) is 6.54 Å². The summed E-state index contributed by atoms with van der Waals surface area (Å²) in [5.41, 5.74) is -2.84. The summed E-state index contributed by atoms with van der Waals surface area (Å²) in [6.45, 7) is 13.7. The van der Waals surface area contributed by atoms with Gasteiger partial charge in [0.2, 0.25) is 0 Å². The number of carbonyl (C=O) groups is 6. The number of hydrogen-bond donors (Lipinski definition) is 1. The fourth-order valence-corrected chi connectivity index (χ4v) is 3.24.